The molecule has 3 rings (SSSR count). The van der Waals surface area contributed by atoms with Crippen LogP contribution in [0.5, 0.6) is 17.2 Å². The minimum absolute atomic E-state index is 0.0138. The van der Waals surface area contributed by atoms with E-state index in [4.69, 9.17) is 49.0 Å². The number of benzene rings is 3. The number of sulfonamides is 1. The molecule has 0 aliphatic rings. The van der Waals surface area contributed by atoms with Gasteiger partial charge < -0.3 is 24.4 Å². The van der Waals surface area contributed by atoms with E-state index in [9.17, 15) is 18.0 Å². The SMILES string of the molecule is CC[C@H](C(=O)NCC(C)C)N(Cc1ccc(Cl)cc1Cl)C(=O)CN(c1cc(Cl)ccc1OC)S(=O)(=O)c1ccc(OC)c(OC)c1. The van der Waals surface area contributed by atoms with E-state index in [1.807, 2.05) is 13.8 Å². The van der Waals surface area contributed by atoms with Crippen molar-refractivity contribution in [1.82, 2.24) is 10.2 Å². The molecule has 0 aromatic heterocycles. The van der Waals surface area contributed by atoms with Crippen molar-refractivity contribution < 1.29 is 32.2 Å². The summed E-state index contributed by atoms with van der Waals surface area (Å²) in [5.41, 5.74) is 0.532. The summed E-state index contributed by atoms with van der Waals surface area (Å²) in [7, 11) is -0.304. The van der Waals surface area contributed by atoms with Gasteiger partial charge in [0.05, 0.1) is 31.9 Å². The normalized spacial score (nSPS) is 12.0. The summed E-state index contributed by atoms with van der Waals surface area (Å²) in [6.07, 6.45) is 0.240. The Morgan fingerprint density at radius 3 is 2.04 bits per heavy atom. The van der Waals surface area contributed by atoms with Crippen LogP contribution in [-0.4, -0.2) is 65.6 Å². The average Bonchev–Trinajstić information content (AvgIpc) is 3.02. The van der Waals surface area contributed by atoms with Gasteiger partial charge >= 0.3 is 0 Å². The van der Waals surface area contributed by atoms with Gasteiger partial charge in [-0.1, -0.05) is 61.6 Å². The van der Waals surface area contributed by atoms with Crippen LogP contribution in [0.25, 0.3) is 0 Å². The molecular weight excluding hydrogens is 677 g/mol. The zero-order valence-corrected chi connectivity index (χ0v) is 29.6. The standard InChI is InChI=1S/C32H38Cl3N3O7S/c1-7-26(32(40)36-17-20(2)3)37(18-21-8-9-22(33)14-25(21)35)31(39)19-38(27-15-23(34)10-12-28(27)43-4)46(41,42)24-11-13-29(44-5)30(16-24)45-6/h8-16,20,26H,7,17-19H2,1-6H3,(H,36,40)/t26-/m1/s1. The van der Waals surface area contributed by atoms with Gasteiger partial charge in [-0.25, -0.2) is 8.42 Å². The number of halogens is 3. The lowest BCUT2D eigenvalue weighted by atomic mass is 10.1. The minimum atomic E-state index is -4.48. The van der Waals surface area contributed by atoms with Gasteiger partial charge in [0.1, 0.15) is 18.3 Å². The Morgan fingerprint density at radius 1 is 0.848 bits per heavy atom. The highest BCUT2D eigenvalue weighted by Crippen LogP contribution is 2.37. The first kappa shape index (κ1) is 37.1. The number of carbonyl (C=O) groups excluding carboxylic acids is 2. The molecule has 14 heteroatoms. The summed E-state index contributed by atoms with van der Waals surface area (Å²) in [4.78, 5) is 29.0. The molecule has 0 unspecified atom stereocenters. The molecule has 0 aliphatic heterocycles. The monoisotopic (exact) mass is 713 g/mol. The van der Waals surface area contributed by atoms with Crippen LogP contribution in [0.4, 0.5) is 5.69 Å². The number of rotatable bonds is 15. The molecule has 3 aromatic carbocycles. The van der Waals surface area contributed by atoms with E-state index >= 15 is 0 Å². The second-order valence-corrected chi connectivity index (χ2v) is 13.8. The highest BCUT2D eigenvalue weighted by atomic mass is 35.5. The third-order valence-electron chi connectivity index (χ3n) is 7.06. The molecule has 1 atom stereocenters. The van der Waals surface area contributed by atoms with E-state index in [-0.39, 0.29) is 56.9 Å². The Balaban J connectivity index is 2.18. The molecule has 1 N–H and O–H groups in total. The molecular formula is C32H38Cl3N3O7S. The first-order valence-corrected chi connectivity index (χ1v) is 16.9. The lowest BCUT2D eigenvalue weighted by Gasteiger charge is -2.34. The van der Waals surface area contributed by atoms with Crippen LogP contribution in [0.3, 0.4) is 0 Å². The van der Waals surface area contributed by atoms with Gasteiger partial charge in [0.25, 0.3) is 10.0 Å². The smallest absolute Gasteiger partial charge is 0.265 e. The van der Waals surface area contributed by atoms with E-state index in [1.165, 1.54) is 68.7 Å². The molecule has 0 aliphatic carbocycles. The van der Waals surface area contributed by atoms with Gasteiger partial charge in [-0.3, -0.25) is 13.9 Å². The highest BCUT2D eigenvalue weighted by Gasteiger charge is 2.35. The Morgan fingerprint density at radius 2 is 1.46 bits per heavy atom. The van der Waals surface area contributed by atoms with Crippen LogP contribution >= 0.6 is 34.8 Å². The molecule has 10 nitrogen and oxygen atoms in total. The lowest BCUT2D eigenvalue weighted by molar-refractivity contribution is -0.140. The van der Waals surface area contributed by atoms with Crippen LogP contribution in [0, 0.1) is 5.92 Å². The highest BCUT2D eigenvalue weighted by molar-refractivity contribution is 7.92. The van der Waals surface area contributed by atoms with Crippen molar-refractivity contribution in [2.45, 2.75) is 44.7 Å². The van der Waals surface area contributed by atoms with Crippen molar-refractivity contribution in [3.05, 3.63) is 75.2 Å². The van der Waals surface area contributed by atoms with Gasteiger partial charge in [-0.2, -0.15) is 0 Å². The molecule has 46 heavy (non-hydrogen) atoms. The molecule has 0 saturated heterocycles. The van der Waals surface area contributed by atoms with Crippen LogP contribution in [0.15, 0.2) is 59.5 Å². The molecule has 2 amide bonds. The Bertz CT molecular complexity index is 1650. The van der Waals surface area contributed by atoms with Gasteiger partial charge in [0, 0.05) is 34.2 Å². The van der Waals surface area contributed by atoms with Crippen molar-refractivity contribution in [2.24, 2.45) is 5.92 Å². The maximum Gasteiger partial charge on any atom is 0.265 e. The van der Waals surface area contributed by atoms with Crippen molar-refractivity contribution >= 4 is 62.3 Å². The summed E-state index contributed by atoms with van der Waals surface area (Å²) >= 11 is 18.9. The first-order chi connectivity index (χ1) is 21.8. The third-order valence-corrected chi connectivity index (χ3v) is 9.64. The number of nitrogens with one attached hydrogen (secondary N) is 1. The fourth-order valence-corrected chi connectivity index (χ4v) is 6.72. The largest absolute Gasteiger partial charge is 0.495 e. The van der Waals surface area contributed by atoms with Gasteiger partial charge in [-0.05, 0) is 60.4 Å². The molecule has 0 saturated carbocycles. The quantitative estimate of drug-likeness (QED) is 0.193. The second kappa shape index (κ2) is 16.4. The van der Waals surface area contributed by atoms with E-state index in [2.05, 4.69) is 5.32 Å². The first-order valence-electron chi connectivity index (χ1n) is 14.4. The van der Waals surface area contributed by atoms with E-state index in [0.717, 1.165) is 4.31 Å². The average molecular weight is 715 g/mol. The van der Waals surface area contributed by atoms with Crippen molar-refractivity contribution in [3.8, 4) is 17.2 Å². The molecule has 0 radical (unpaired) electrons. The number of ether oxygens (including phenoxy) is 3. The summed E-state index contributed by atoms with van der Waals surface area (Å²) in [6, 6.07) is 12.4. The number of anilines is 1. The number of amides is 2. The topological polar surface area (TPSA) is 114 Å². The molecule has 0 heterocycles. The fourth-order valence-electron chi connectivity index (χ4n) is 4.65. The second-order valence-electron chi connectivity index (χ2n) is 10.7. The minimum Gasteiger partial charge on any atom is -0.495 e. The van der Waals surface area contributed by atoms with E-state index < -0.39 is 28.5 Å². The zero-order chi connectivity index (χ0) is 34.2. The van der Waals surface area contributed by atoms with E-state index in [1.54, 1.807) is 19.1 Å². The summed E-state index contributed by atoms with van der Waals surface area (Å²) < 4.78 is 45.8. The third kappa shape index (κ3) is 8.90. The van der Waals surface area contributed by atoms with Gasteiger partial charge in [-0.15, -0.1) is 0 Å². The van der Waals surface area contributed by atoms with Crippen LogP contribution < -0.4 is 23.8 Å². The van der Waals surface area contributed by atoms with Crippen molar-refractivity contribution in [2.75, 3.05) is 38.7 Å². The Hall–Kier alpha value is -3.38. The van der Waals surface area contributed by atoms with Gasteiger partial charge in [0.15, 0.2) is 11.5 Å². The Labute approximate surface area is 285 Å². The predicted molar refractivity (Wildman–Crippen MR) is 181 cm³/mol. The number of hydrogen-bond donors (Lipinski definition) is 1. The maximum absolute atomic E-state index is 14.4. The molecule has 3 aromatic rings. The summed E-state index contributed by atoms with van der Waals surface area (Å²) in [5.74, 6) is -0.273. The molecule has 0 spiro atoms. The number of methoxy groups -OCH3 is 3. The fraction of sp³-hybridized carbons (Fsp3) is 0.375. The lowest BCUT2D eigenvalue weighted by Crippen LogP contribution is -2.52. The summed E-state index contributed by atoms with van der Waals surface area (Å²) in [5, 5.41) is 3.78. The van der Waals surface area contributed by atoms with Crippen molar-refractivity contribution in [1.29, 1.82) is 0 Å². The van der Waals surface area contributed by atoms with Crippen LogP contribution in [-0.2, 0) is 26.2 Å². The predicted octanol–water partition coefficient (Wildman–Crippen LogP) is 6.45. The van der Waals surface area contributed by atoms with Gasteiger partial charge in [0.2, 0.25) is 11.8 Å². The summed E-state index contributed by atoms with van der Waals surface area (Å²) in [6.45, 7) is 5.24. The van der Waals surface area contributed by atoms with Crippen molar-refractivity contribution in [3.63, 3.8) is 0 Å². The molecule has 250 valence electrons. The number of nitrogens with zero attached hydrogens (tertiary/aromatic N) is 2. The molecule has 0 fully saturated rings. The van der Waals surface area contributed by atoms with Crippen LogP contribution in [0.2, 0.25) is 15.1 Å². The number of carbonyl (C=O) groups is 2. The maximum atomic E-state index is 14.4. The number of hydrogen-bond acceptors (Lipinski definition) is 7. The van der Waals surface area contributed by atoms with Crippen LogP contribution in [0.1, 0.15) is 32.8 Å². The zero-order valence-electron chi connectivity index (χ0n) is 26.5. The van der Waals surface area contributed by atoms with E-state index in [0.29, 0.717) is 22.9 Å². The molecule has 0 bridgehead atoms. The Kier molecular flexibility index (Phi) is 13.3.